The Labute approximate surface area is 220 Å². The van der Waals surface area contributed by atoms with E-state index in [9.17, 15) is 14.4 Å². The van der Waals surface area contributed by atoms with Crippen molar-refractivity contribution in [2.45, 2.75) is 31.9 Å². The molecule has 0 bridgehead atoms. The van der Waals surface area contributed by atoms with Gasteiger partial charge in [-0.3, -0.25) is 19.3 Å². The van der Waals surface area contributed by atoms with Crippen molar-refractivity contribution in [3.05, 3.63) is 46.5 Å². The molecule has 1 aliphatic rings. The minimum Gasteiger partial charge on any atom is -0.480 e. The van der Waals surface area contributed by atoms with Crippen molar-refractivity contribution in [1.29, 1.82) is 0 Å². The largest absolute Gasteiger partial charge is 0.480 e. The van der Waals surface area contributed by atoms with Gasteiger partial charge in [-0.1, -0.05) is 23.7 Å². The van der Waals surface area contributed by atoms with Gasteiger partial charge in [0.2, 0.25) is 11.8 Å². The molecule has 2 heterocycles. The van der Waals surface area contributed by atoms with Crippen LogP contribution in [-0.4, -0.2) is 80.3 Å². The van der Waals surface area contributed by atoms with Crippen molar-refractivity contribution in [3.63, 3.8) is 0 Å². The second-order valence-electron chi connectivity index (χ2n) is 8.52. The standard InChI is InChI=1S/C25H32ClN5O6/c1-4-37-22(33)11-15-5-7-16(8-6-15)28-21(32)14-31-10-9-19(20(13-31)35-2)29-24(34)17-12-18(26)23(27)30-25(17)36-3/h5-8,12,19-20H,4,9-11,13-14H2,1-3H3,(H2,27,30)(H,28,32)(H,29,34). The Morgan fingerprint density at radius 1 is 1.22 bits per heavy atom. The first-order valence-corrected chi connectivity index (χ1v) is 12.2. The molecule has 0 saturated carbocycles. The normalized spacial score (nSPS) is 17.6. The van der Waals surface area contributed by atoms with Crippen LogP contribution in [-0.2, 0) is 25.5 Å². The Morgan fingerprint density at radius 3 is 2.59 bits per heavy atom. The highest BCUT2D eigenvalue weighted by Crippen LogP contribution is 2.25. The second-order valence-corrected chi connectivity index (χ2v) is 8.92. The zero-order chi connectivity index (χ0) is 26.9. The predicted molar refractivity (Wildman–Crippen MR) is 139 cm³/mol. The van der Waals surface area contributed by atoms with Gasteiger partial charge >= 0.3 is 5.97 Å². The number of carbonyl (C=O) groups excluding carboxylic acids is 3. The summed E-state index contributed by atoms with van der Waals surface area (Å²) in [6.45, 7) is 3.29. The van der Waals surface area contributed by atoms with Crippen molar-refractivity contribution < 1.29 is 28.6 Å². The van der Waals surface area contributed by atoms with Gasteiger partial charge in [0.1, 0.15) is 11.4 Å². The first-order chi connectivity index (χ1) is 17.7. The third-order valence-electron chi connectivity index (χ3n) is 5.93. The monoisotopic (exact) mass is 533 g/mol. The van der Waals surface area contributed by atoms with Crippen molar-refractivity contribution >= 4 is 40.9 Å². The zero-order valence-electron chi connectivity index (χ0n) is 21.1. The lowest BCUT2D eigenvalue weighted by atomic mass is 10.0. The van der Waals surface area contributed by atoms with E-state index >= 15 is 0 Å². The molecule has 2 aromatic rings. The molecular weight excluding hydrogens is 502 g/mol. The molecule has 1 aromatic heterocycles. The van der Waals surface area contributed by atoms with Crippen molar-refractivity contribution in [2.24, 2.45) is 0 Å². The molecule has 200 valence electrons. The summed E-state index contributed by atoms with van der Waals surface area (Å²) in [4.78, 5) is 43.1. The highest BCUT2D eigenvalue weighted by Gasteiger charge is 2.32. The number of rotatable bonds is 10. The highest BCUT2D eigenvalue weighted by atomic mass is 35.5. The maximum Gasteiger partial charge on any atom is 0.310 e. The summed E-state index contributed by atoms with van der Waals surface area (Å²) >= 11 is 6.04. The van der Waals surface area contributed by atoms with Crippen LogP contribution >= 0.6 is 11.6 Å². The summed E-state index contributed by atoms with van der Waals surface area (Å²) in [6, 6.07) is 8.19. The molecular formula is C25H32ClN5O6. The maximum atomic E-state index is 12.9. The van der Waals surface area contributed by atoms with E-state index in [-0.39, 0.29) is 59.3 Å². The van der Waals surface area contributed by atoms with E-state index in [1.165, 1.54) is 13.2 Å². The van der Waals surface area contributed by atoms with Crippen LogP contribution in [0.2, 0.25) is 5.02 Å². The Kier molecular flexibility index (Phi) is 10.1. The van der Waals surface area contributed by atoms with Gasteiger partial charge in [-0.05, 0) is 37.1 Å². The van der Waals surface area contributed by atoms with Crippen LogP contribution in [0.1, 0.15) is 29.3 Å². The molecule has 0 spiro atoms. The number of piperidine rings is 1. The van der Waals surface area contributed by atoms with Gasteiger partial charge in [0.25, 0.3) is 5.91 Å². The average Bonchev–Trinajstić information content (AvgIpc) is 2.87. The third-order valence-corrected chi connectivity index (χ3v) is 6.23. The van der Waals surface area contributed by atoms with Crippen LogP contribution in [0, 0.1) is 0 Å². The van der Waals surface area contributed by atoms with Gasteiger partial charge in [-0.25, -0.2) is 0 Å². The van der Waals surface area contributed by atoms with Gasteiger partial charge in [0, 0.05) is 25.9 Å². The van der Waals surface area contributed by atoms with E-state index in [0.717, 1.165) is 5.56 Å². The zero-order valence-corrected chi connectivity index (χ0v) is 21.8. The van der Waals surface area contributed by atoms with Gasteiger partial charge in [-0.15, -0.1) is 0 Å². The highest BCUT2D eigenvalue weighted by molar-refractivity contribution is 6.33. The molecule has 0 radical (unpaired) electrons. The first-order valence-electron chi connectivity index (χ1n) is 11.8. The van der Waals surface area contributed by atoms with E-state index < -0.39 is 5.91 Å². The molecule has 37 heavy (non-hydrogen) atoms. The number of halogens is 1. The lowest BCUT2D eigenvalue weighted by molar-refractivity contribution is -0.142. The molecule has 1 aromatic carbocycles. The average molecular weight is 534 g/mol. The number of pyridine rings is 1. The number of hydrogen-bond acceptors (Lipinski definition) is 9. The van der Waals surface area contributed by atoms with Gasteiger partial charge in [0.15, 0.2) is 0 Å². The number of nitrogens with two attached hydrogens (primary N) is 1. The lowest BCUT2D eigenvalue weighted by Gasteiger charge is -2.37. The molecule has 0 aliphatic carbocycles. The molecule has 2 unspecified atom stereocenters. The van der Waals surface area contributed by atoms with Gasteiger partial charge < -0.3 is 30.6 Å². The van der Waals surface area contributed by atoms with Gasteiger partial charge in [0.05, 0.1) is 43.9 Å². The summed E-state index contributed by atoms with van der Waals surface area (Å²) < 4.78 is 15.7. The second kappa shape index (κ2) is 13.2. The number of esters is 1. The van der Waals surface area contributed by atoms with E-state index in [0.29, 0.717) is 31.8 Å². The summed E-state index contributed by atoms with van der Waals surface area (Å²) in [5, 5.41) is 5.97. The number of hydrogen-bond donors (Lipinski definition) is 3. The maximum absolute atomic E-state index is 12.9. The molecule has 12 heteroatoms. The van der Waals surface area contributed by atoms with Crippen molar-refractivity contribution in [3.8, 4) is 5.88 Å². The van der Waals surface area contributed by atoms with Crippen LogP contribution in [0.4, 0.5) is 11.5 Å². The van der Waals surface area contributed by atoms with E-state index in [1.54, 1.807) is 38.3 Å². The number of benzene rings is 1. The minimum absolute atomic E-state index is 0.0732. The number of carbonyl (C=O) groups is 3. The Balaban J connectivity index is 1.53. The quantitative estimate of drug-likeness (QED) is 0.390. The molecule has 11 nitrogen and oxygen atoms in total. The van der Waals surface area contributed by atoms with Crippen LogP contribution < -0.4 is 21.1 Å². The Bertz CT molecular complexity index is 1110. The van der Waals surface area contributed by atoms with E-state index in [4.69, 9.17) is 31.5 Å². The van der Waals surface area contributed by atoms with Gasteiger partial charge in [-0.2, -0.15) is 4.98 Å². The first kappa shape index (κ1) is 28.2. The minimum atomic E-state index is -0.407. The number of methoxy groups -OCH3 is 2. The topological polar surface area (TPSA) is 145 Å². The molecule has 1 saturated heterocycles. The van der Waals surface area contributed by atoms with Crippen LogP contribution in [0.25, 0.3) is 0 Å². The molecule has 2 atom stereocenters. The smallest absolute Gasteiger partial charge is 0.310 e. The summed E-state index contributed by atoms with van der Waals surface area (Å²) in [5.41, 5.74) is 7.31. The van der Waals surface area contributed by atoms with Crippen molar-refractivity contribution in [2.75, 3.05) is 51.5 Å². The Hall–Kier alpha value is -3.41. The van der Waals surface area contributed by atoms with E-state index in [1.807, 2.05) is 4.90 Å². The summed E-state index contributed by atoms with van der Waals surface area (Å²) in [7, 11) is 2.96. The number of ether oxygens (including phenoxy) is 3. The fourth-order valence-electron chi connectivity index (χ4n) is 4.07. The number of anilines is 2. The van der Waals surface area contributed by atoms with Crippen LogP contribution in [0.3, 0.4) is 0 Å². The number of likely N-dealkylation sites (tertiary alicyclic amines) is 1. The molecule has 2 amide bonds. The lowest BCUT2D eigenvalue weighted by Crippen LogP contribution is -2.55. The number of amides is 2. The molecule has 1 fully saturated rings. The van der Waals surface area contributed by atoms with Crippen LogP contribution in [0.5, 0.6) is 5.88 Å². The number of nitrogens with one attached hydrogen (secondary N) is 2. The molecule has 3 rings (SSSR count). The van der Waals surface area contributed by atoms with Crippen LogP contribution in [0.15, 0.2) is 30.3 Å². The fraction of sp³-hybridized carbons (Fsp3) is 0.440. The SMILES string of the molecule is CCOC(=O)Cc1ccc(NC(=O)CN2CCC(NC(=O)c3cc(Cl)c(N)nc3OC)C(OC)C2)cc1. The number of nitrogen functional groups attached to an aromatic ring is 1. The number of aromatic nitrogens is 1. The van der Waals surface area contributed by atoms with Crippen molar-refractivity contribution in [1.82, 2.24) is 15.2 Å². The molecule has 4 N–H and O–H groups in total. The summed E-state index contributed by atoms with van der Waals surface area (Å²) in [6.07, 6.45) is 0.412. The number of nitrogens with zero attached hydrogens (tertiary/aromatic N) is 2. The predicted octanol–water partition coefficient (Wildman–Crippen LogP) is 1.89. The summed E-state index contributed by atoms with van der Waals surface area (Å²) in [5.74, 6) is -0.723. The molecule has 1 aliphatic heterocycles. The van der Waals surface area contributed by atoms with E-state index in [2.05, 4.69) is 15.6 Å². The third kappa shape index (κ3) is 7.78. The Morgan fingerprint density at radius 2 is 1.95 bits per heavy atom. The fourth-order valence-corrected chi connectivity index (χ4v) is 4.22.